The van der Waals surface area contributed by atoms with Crippen LogP contribution in [0.5, 0.6) is 5.75 Å². The highest BCUT2D eigenvalue weighted by atomic mass is 35.5. The number of ether oxygens (including phenoxy) is 1. The van der Waals surface area contributed by atoms with E-state index in [-0.39, 0.29) is 11.1 Å². The molecule has 6 heteroatoms. The van der Waals surface area contributed by atoms with Crippen molar-refractivity contribution < 1.29 is 4.74 Å². The maximum atomic E-state index is 11.0. The first-order chi connectivity index (χ1) is 9.19. The van der Waals surface area contributed by atoms with Crippen LogP contribution in [0.25, 0.3) is 0 Å². The van der Waals surface area contributed by atoms with Crippen molar-refractivity contribution in [3.63, 3.8) is 0 Å². The van der Waals surface area contributed by atoms with Crippen LogP contribution in [0.15, 0.2) is 35.3 Å². The number of nitrogens with one attached hydrogen (secondary N) is 2. The van der Waals surface area contributed by atoms with E-state index >= 15 is 0 Å². The summed E-state index contributed by atoms with van der Waals surface area (Å²) in [5, 5.41) is 0.608. The molecule has 1 heterocycles. The van der Waals surface area contributed by atoms with Gasteiger partial charge in [0.1, 0.15) is 11.2 Å². The molecule has 1 atom stereocenters. The van der Waals surface area contributed by atoms with Gasteiger partial charge in [0.2, 0.25) is 0 Å². The van der Waals surface area contributed by atoms with Crippen LogP contribution in [0.4, 0.5) is 0 Å². The fraction of sp³-hybridized carbons (Fsp3) is 0.308. The number of imidazole rings is 1. The molecule has 2 aromatic rings. The molecule has 19 heavy (non-hydrogen) atoms. The molecule has 2 rings (SSSR count). The first-order valence-electron chi connectivity index (χ1n) is 5.98. The van der Waals surface area contributed by atoms with Crippen LogP contribution in [0.1, 0.15) is 19.0 Å². The highest BCUT2D eigenvalue weighted by Crippen LogP contribution is 2.28. The van der Waals surface area contributed by atoms with Crippen molar-refractivity contribution in [2.24, 2.45) is 0 Å². The van der Waals surface area contributed by atoms with E-state index in [1.54, 1.807) is 24.0 Å². The third-order valence-electron chi connectivity index (χ3n) is 2.50. The van der Waals surface area contributed by atoms with Gasteiger partial charge in [0.05, 0.1) is 5.02 Å². The predicted molar refractivity (Wildman–Crippen MR) is 78.9 cm³/mol. The molecule has 0 aliphatic heterocycles. The van der Waals surface area contributed by atoms with E-state index in [0.717, 1.165) is 12.1 Å². The Bertz CT molecular complexity index is 582. The van der Waals surface area contributed by atoms with Crippen molar-refractivity contribution >= 4 is 23.4 Å². The zero-order valence-electron chi connectivity index (χ0n) is 10.5. The zero-order chi connectivity index (χ0) is 13.7. The van der Waals surface area contributed by atoms with Crippen molar-refractivity contribution in [2.75, 3.05) is 0 Å². The summed E-state index contributed by atoms with van der Waals surface area (Å²) in [6, 6.07) is 7.41. The summed E-state index contributed by atoms with van der Waals surface area (Å²) in [7, 11) is 0. The number of para-hydroxylation sites is 1. The Morgan fingerprint density at radius 3 is 2.84 bits per heavy atom. The number of hydrogen-bond donors (Lipinski definition) is 2. The van der Waals surface area contributed by atoms with Gasteiger partial charge >= 0.3 is 5.69 Å². The normalized spacial score (nSPS) is 12.3. The average molecular weight is 299 g/mol. The second-order valence-electron chi connectivity index (χ2n) is 3.97. The molecule has 4 nitrogen and oxygen atoms in total. The molecule has 1 aromatic heterocycles. The highest BCUT2D eigenvalue weighted by Gasteiger charge is 2.11. The van der Waals surface area contributed by atoms with Crippen LogP contribution >= 0.6 is 23.4 Å². The summed E-state index contributed by atoms with van der Waals surface area (Å²) < 4.78 is 5.85. The summed E-state index contributed by atoms with van der Waals surface area (Å²) in [5.74, 6) is 1.37. The Hall–Kier alpha value is -1.33. The molecule has 0 spiro atoms. The van der Waals surface area contributed by atoms with Crippen LogP contribution in [-0.4, -0.2) is 15.4 Å². The monoisotopic (exact) mass is 298 g/mol. The van der Waals surface area contributed by atoms with Crippen LogP contribution in [0.3, 0.4) is 0 Å². The average Bonchev–Trinajstić information content (AvgIpc) is 2.82. The maximum Gasteiger partial charge on any atom is 0.323 e. The third-order valence-corrected chi connectivity index (χ3v) is 4.10. The number of aromatic amines is 2. The number of benzene rings is 1. The first kappa shape index (κ1) is 14.1. The Morgan fingerprint density at radius 1 is 1.42 bits per heavy atom. The summed E-state index contributed by atoms with van der Waals surface area (Å²) in [6.07, 6.45) is 2.53. The van der Waals surface area contributed by atoms with Crippen LogP contribution in [-0.2, 0) is 5.75 Å². The van der Waals surface area contributed by atoms with Gasteiger partial charge in [-0.05, 0) is 18.6 Å². The molecule has 0 bridgehead atoms. The van der Waals surface area contributed by atoms with E-state index in [4.69, 9.17) is 16.3 Å². The number of H-pyrrole nitrogens is 2. The van der Waals surface area contributed by atoms with E-state index in [2.05, 4.69) is 9.97 Å². The highest BCUT2D eigenvalue weighted by molar-refractivity contribution is 7.99. The molecular formula is C13H15ClN2O2S. The number of rotatable bonds is 6. The molecule has 0 amide bonds. The predicted octanol–water partition coefficient (Wildman–Crippen LogP) is 3.40. The molecule has 0 aliphatic carbocycles. The summed E-state index contributed by atoms with van der Waals surface area (Å²) in [5.41, 5.74) is 0.671. The number of aromatic nitrogens is 2. The molecule has 0 aliphatic rings. The number of thioether (sulfide) groups is 1. The Kier molecular flexibility index (Phi) is 4.99. The smallest absolute Gasteiger partial charge is 0.323 e. The number of halogens is 1. The minimum Gasteiger partial charge on any atom is -0.478 e. The minimum absolute atomic E-state index is 0.00157. The number of hydrogen-bond acceptors (Lipinski definition) is 3. The lowest BCUT2D eigenvalue weighted by atomic mass is 10.3. The van der Waals surface area contributed by atoms with Gasteiger partial charge in [-0.15, -0.1) is 11.8 Å². The maximum absolute atomic E-state index is 11.0. The van der Waals surface area contributed by atoms with Crippen LogP contribution in [0, 0.1) is 0 Å². The molecular weight excluding hydrogens is 284 g/mol. The van der Waals surface area contributed by atoms with Gasteiger partial charge in [-0.2, -0.15) is 0 Å². The van der Waals surface area contributed by atoms with E-state index < -0.39 is 0 Å². The lowest BCUT2D eigenvalue weighted by Gasteiger charge is -2.17. The van der Waals surface area contributed by atoms with E-state index in [0.29, 0.717) is 16.5 Å². The minimum atomic E-state index is -0.185. The van der Waals surface area contributed by atoms with Crippen molar-refractivity contribution in [1.82, 2.24) is 9.97 Å². The van der Waals surface area contributed by atoms with Gasteiger partial charge < -0.3 is 14.7 Å². The molecule has 0 saturated heterocycles. The summed E-state index contributed by atoms with van der Waals surface area (Å²) >= 11 is 7.68. The van der Waals surface area contributed by atoms with E-state index in [1.807, 2.05) is 25.1 Å². The lowest BCUT2D eigenvalue weighted by Crippen LogP contribution is -2.11. The van der Waals surface area contributed by atoms with Crippen molar-refractivity contribution in [3.05, 3.63) is 51.7 Å². The summed E-state index contributed by atoms with van der Waals surface area (Å²) in [4.78, 5) is 16.3. The van der Waals surface area contributed by atoms with Crippen molar-refractivity contribution in [2.45, 2.75) is 24.5 Å². The van der Waals surface area contributed by atoms with Crippen LogP contribution in [0.2, 0.25) is 5.02 Å². The van der Waals surface area contributed by atoms with Crippen molar-refractivity contribution in [1.29, 1.82) is 0 Å². The second-order valence-corrected chi connectivity index (χ2v) is 5.52. The van der Waals surface area contributed by atoms with Gasteiger partial charge in [0.25, 0.3) is 0 Å². The van der Waals surface area contributed by atoms with Gasteiger partial charge in [0, 0.05) is 17.6 Å². The Morgan fingerprint density at radius 2 is 2.21 bits per heavy atom. The Balaban J connectivity index is 1.93. The Labute approximate surface area is 120 Å². The van der Waals surface area contributed by atoms with Gasteiger partial charge in [-0.3, -0.25) is 0 Å². The van der Waals surface area contributed by atoms with Crippen LogP contribution < -0.4 is 10.4 Å². The second kappa shape index (κ2) is 6.73. The molecule has 0 radical (unpaired) electrons. The molecule has 102 valence electrons. The molecule has 1 aromatic carbocycles. The van der Waals surface area contributed by atoms with Gasteiger partial charge in [-0.1, -0.05) is 30.7 Å². The third kappa shape index (κ3) is 4.08. The largest absolute Gasteiger partial charge is 0.478 e. The quantitative estimate of drug-likeness (QED) is 0.804. The van der Waals surface area contributed by atoms with E-state index in [9.17, 15) is 4.79 Å². The topological polar surface area (TPSA) is 57.9 Å². The zero-order valence-corrected chi connectivity index (χ0v) is 12.1. The van der Waals surface area contributed by atoms with Gasteiger partial charge in [-0.25, -0.2) is 4.79 Å². The lowest BCUT2D eigenvalue weighted by molar-refractivity contribution is 0.284. The van der Waals surface area contributed by atoms with E-state index in [1.165, 1.54) is 0 Å². The molecule has 0 fully saturated rings. The summed E-state index contributed by atoms with van der Waals surface area (Å²) in [6.45, 7) is 2.05. The molecule has 1 unspecified atom stereocenters. The molecule has 0 saturated carbocycles. The SMILES string of the molecule is CCC(Oc1ccccc1Cl)SCc1c[nH]c(=O)[nH]1. The standard InChI is InChI=1S/C13H15ClN2O2S/c1-2-12(18-11-6-4-3-5-10(11)14)19-8-9-7-15-13(17)16-9/h3-7,12H,2,8H2,1H3,(H2,15,16,17). The molecule has 2 N–H and O–H groups in total. The first-order valence-corrected chi connectivity index (χ1v) is 7.41. The van der Waals surface area contributed by atoms with Gasteiger partial charge in [0.15, 0.2) is 0 Å². The van der Waals surface area contributed by atoms with Crippen molar-refractivity contribution in [3.8, 4) is 5.75 Å². The fourth-order valence-electron chi connectivity index (χ4n) is 1.55. The fourth-order valence-corrected chi connectivity index (χ4v) is 2.66.